The van der Waals surface area contributed by atoms with Crippen LogP contribution in [0.5, 0.6) is 0 Å². The van der Waals surface area contributed by atoms with Crippen LogP contribution < -0.4 is 4.90 Å². The average molecular weight is 346 g/mol. The summed E-state index contributed by atoms with van der Waals surface area (Å²) in [5.41, 5.74) is 0.585. The highest BCUT2D eigenvalue weighted by atomic mass is 19.1. The number of anilines is 1. The molecule has 0 bridgehead atoms. The fourth-order valence-electron chi connectivity index (χ4n) is 2.84. The first kappa shape index (κ1) is 17.4. The van der Waals surface area contributed by atoms with E-state index >= 15 is 0 Å². The standard InChI is InChI=1S/C18H23FN4O2/c1-13(2)17-20-21-18(25-17)23-11-9-22(10-12-23)16(24)8-7-14-5-3-4-6-15(14)19/h3-6,13H,7-12H2,1-2H3. The molecule has 1 aliphatic rings. The Morgan fingerprint density at radius 1 is 1.20 bits per heavy atom. The predicted molar refractivity (Wildman–Crippen MR) is 91.9 cm³/mol. The molecule has 0 saturated carbocycles. The van der Waals surface area contributed by atoms with Crippen molar-refractivity contribution >= 4 is 11.9 Å². The van der Waals surface area contributed by atoms with Crippen molar-refractivity contribution in [2.24, 2.45) is 0 Å². The number of aromatic nitrogens is 2. The molecule has 0 aliphatic carbocycles. The lowest BCUT2D eigenvalue weighted by atomic mass is 10.1. The first-order chi connectivity index (χ1) is 12.0. The molecule has 0 radical (unpaired) electrons. The molecule has 1 aromatic carbocycles. The highest BCUT2D eigenvalue weighted by Gasteiger charge is 2.24. The van der Waals surface area contributed by atoms with E-state index in [1.807, 2.05) is 23.6 Å². The van der Waals surface area contributed by atoms with Crippen LogP contribution in [0.2, 0.25) is 0 Å². The Labute approximate surface area is 146 Å². The molecule has 1 aliphatic heterocycles. The molecule has 1 amide bonds. The second kappa shape index (κ2) is 7.63. The summed E-state index contributed by atoms with van der Waals surface area (Å²) in [5.74, 6) is 0.620. The van der Waals surface area contributed by atoms with Gasteiger partial charge in [0.1, 0.15) is 5.82 Å². The summed E-state index contributed by atoms with van der Waals surface area (Å²) in [5, 5.41) is 8.12. The maximum atomic E-state index is 13.6. The van der Waals surface area contributed by atoms with Gasteiger partial charge in [0.15, 0.2) is 0 Å². The van der Waals surface area contributed by atoms with Crippen LogP contribution in [0.15, 0.2) is 28.7 Å². The molecule has 134 valence electrons. The third kappa shape index (κ3) is 4.15. The minimum atomic E-state index is -0.252. The third-order valence-corrected chi connectivity index (χ3v) is 4.39. The van der Waals surface area contributed by atoms with Gasteiger partial charge in [0.05, 0.1) is 0 Å². The van der Waals surface area contributed by atoms with Gasteiger partial charge in [-0.3, -0.25) is 4.79 Å². The molecule has 0 spiro atoms. The number of amides is 1. The summed E-state index contributed by atoms with van der Waals surface area (Å²) >= 11 is 0. The van der Waals surface area contributed by atoms with Crippen molar-refractivity contribution in [3.05, 3.63) is 41.5 Å². The van der Waals surface area contributed by atoms with Crippen molar-refractivity contribution in [1.29, 1.82) is 0 Å². The van der Waals surface area contributed by atoms with Crippen LogP contribution >= 0.6 is 0 Å². The molecule has 0 unspecified atom stereocenters. The quantitative estimate of drug-likeness (QED) is 0.833. The zero-order valence-corrected chi connectivity index (χ0v) is 14.6. The fraction of sp³-hybridized carbons (Fsp3) is 0.500. The normalized spacial score (nSPS) is 15.0. The highest BCUT2D eigenvalue weighted by Crippen LogP contribution is 2.20. The number of benzene rings is 1. The van der Waals surface area contributed by atoms with Crippen molar-refractivity contribution < 1.29 is 13.6 Å². The van der Waals surface area contributed by atoms with Crippen molar-refractivity contribution in [3.8, 4) is 0 Å². The first-order valence-electron chi connectivity index (χ1n) is 8.64. The number of hydrogen-bond donors (Lipinski definition) is 0. The van der Waals surface area contributed by atoms with Crippen LogP contribution in [0.1, 0.15) is 37.6 Å². The summed E-state index contributed by atoms with van der Waals surface area (Å²) in [7, 11) is 0. The molecule has 0 atom stereocenters. The van der Waals surface area contributed by atoms with Gasteiger partial charge in [0.2, 0.25) is 11.8 Å². The Kier molecular flexibility index (Phi) is 5.31. The summed E-state index contributed by atoms with van der Waals surface area (Å²) in [6, 6.07) is 7.11. The van der Waals surface area contributed by atoms with E-state index < -0.39 is 0 Å². The van der Waals surface area contributed by atoms with Crippen molar-refractivity contribution in [1.82, 2.24) is 15.1 Å². The molecule has 25 heavy (non-hydrogen) atoms. The molecule has 6 nitrogen and oxygen atoms in total. The van der Waals surface area contributed by atoms with E-state index in [0.29, 0.717) is 56.5 Å². The van der Waals surface area contributed by atoms with Gasteiger partial charge in [-0.2, -0.15) is 0 Å². The predicted octanol–water partition coefficient (Wildman–Crippen LogP) is 2.61. The minimum Gasteiger partial charge on any atom is -0.408 e. The zero-order valence-electron chi connectivity index (χ0n) is 14.6. The van der Waals surface area contributed by atoms with Gasteiger partial charge in [-0.1, -0.05) is 37.1 Å². The molecule has 2 heterocycles. The molecule has 3 rings (SSSR count). The van der Waals surface area contributed by atoms with Crippen LogP contribution in [0, 0.1) is 5.82 Å². The van der Waals surface area contributed by atoms with E-state index in [4.69, 9.17) is 4.42 Å². The Balaban J connectivity index is 1.49. The highest BCUT2D eigenvalue weighted by molar-refractivity contribution is 5.76. The van der Waals surface area contributed by atoms with Gasteiger partial charge < -0.3 is 14.2 Å². The van der Waals surface area contributed by atoms with Gasteiger partial charge in [0.25, 0.3) is 0 Å². The van der Waals surface area contributed by atoms with E-state index in [1.54, 1.807) is 18.2 Å². The molecule has 1 saturated heterocycles. The smallest absolute Gasteiger partial charge is 0.318 e. The van der Waals surface area contributed by atoms with Crippen LogP contribution in [-0.4, -0.2) is 47.2 Å². The lowest BCUT2D eigenvalue weighted by molar-refractivity contribution is -0.131. The lowest BCUT2D eigenvalue weighted by Crippen LogP contribution is -2.49. The topological polar surface area (TPSA) is 62.5 Å². The Bertz CT molecular complexity index is 723. The second-order valence-electron chi connectivity index (χ2n) is 6.54. The SMILES string of the molecule is CC(C)c1nnc(N2CCN(C(=O)CCc3ccccc3F)CC2)o1. The van der Waals surface area contributed by atoms with E-state index in [0.717, 1.165) is 0 Å². The van der Waals surface area contributed by atoms with E-state index in [1.165, 1.54) is 6.07 Å². The maximum Gasteiger partial charge on any atom is 0.318 e. The number of nitrogens with zero attached hydrogens (tertiary/aromatic N) is 4. The molecular formula is C18H23FN4O2. The first-order valence-corrected chi connectivity index (χ1v) is 8.64. The van der Waals surface area contributed by atoms with Crippen molar-refractivity contribution in [2.75, 3.05) is 31.1 Å². The molecular weight excluding hydrogens is 323 g/mol. The molecule has 1 fully saturated rings. The van der Waals surface area contributed by atoms with Crippen LogP contribution in [0.4, 0.5) is 10.4 Å². The second-order valence-corrected chi connectivity index (χ2v) is 6.54. The Morgan fingerprint density at radius 2 is 1.92 bits per heavy atom. The maximum absolute atomic E-state index is 13.6. The van der Waals surface area contributed by atoms with E-state index in [2.05, 4.69) is 10.2 Å². The largest absolute Gasteiger partial charge is 0.408 e. The molecule has 0 N–H and O–H groups in total. The lowest BCUT2D eigenvalue weighted by Gasteiger charge is -2.33. The van der Waals surface area contributed by atoms with Gasteiger partial charge >= 0.3 is 6.01 Å². The summed E-state index contributed by atoms with van der Waals surface area (Å²) in [6.07, 6.45) is 0.742. The Hall–Kier alpha value is -2.44. The molecule has 1 aromatic heterocycles. The number of carbonyl (C=O) groups excluding carboxylic acids is 1. The van der Waals surface area contributed by atoms with E-state index in [-0.39, 0.29) is 17.6 Å². The van der Waals surface area contributed by atoms with Gasteiger partial charge in [0, 0.05) is 38.5 Å². The number of piperazine rings is 1. The number of halogens is 1. The fourth-order valence-corrected chi connectivity index (χ4v) is 2.84. The van der Waals surface area contributed by atoms with Crippen LogP contribution in [0.3, 0.4) is 0 Å². The minimum absolute atomic E-state index is 0.0521. The molecule has 7 heteroatoms. The summed E-state index contributed by atoms with van der Waals surface area (Å²) < 4.78 is 19.3. The number of carbonyl (C=O) groups is 1. The number of aryl methyl sites for hydroxylation is 1. The van der Waals surface area contributed by atoms with Crippen LogP contribution in [-0.2, 0) is 11.2 Å². The average Bonchev–Trinajstić information content (AvgIpc) is 3.11. The number of rotatable bonds is 5. The third-order valence-electron chi connectivity index (χ3n) is 4.39. The van der Waals surface area contributed by atoms with Gasteiger partial charge in [-0.05, 0) is 18.1 Å². The number of hydrogen-bond acceptors (Lipinski definition) is 5. The zero-order chi connectivity index (χ0) is 17.8. The van der Waals surface area contributed by atoms with Crippen LogP contribution in [0.25, 0.3) is 0 Å². The van der Waals surface area contributed by atoms with Crippen molar-refractivity contribution in [2.45, 2.75) is 32.6 Å². The van der Waals surface area contributed by atoms with Crippen molar-refractivity contribution in [3.63, 3.8) is 0 Å². The Morgan fingerprint density at radius 3 is 2.56 bits per heavy atom. The monoisotopic (exact) mass is 346 g/mol. The van der Waals surface area contributed by atoms with E-state index in [9.17, 15) is 9.18 Å². The van der Waals surface area contributed by atoms with Gasteiger partial charge in [-0.25, -0.2) is 4.39 Å². The molecule has 2 aromatic rings. The summed E-state index contributed by atoms with van der Waals surface area (Å²) in [4.78, 5) is 16.2. The summed E-state index contributed by atoms with van der Waals surface area (Å²) in [6.45, 7) is 6.54. The van der Waals surface area contributed by atoms with Gasteiger partial charge in [-0.15, -0.1) is 5.10 Å².